The SMILES string of the molecule is Nc1nn2c([C@@H]3O[C@H](COP(=O)(O)OP(=O)(O)OP(=O)(O)O)[C@@H](O)[C@H]3P)cnc2c(=O)[nH]1. The van der Waals surface area contributed by atoms with Crippen molar-refractivity contribution in [3.63, 3.8) is 0 Å². The summed E-state index contributed by atoms with van der Waals surface area (Å²) in [6.45, 7) is -0.862. The van der Waals surface area contributed by atoms with Crippen LogP contribution < -0.4 is 11.3 Å². The van der Waals surface area contributed by atoms with Crippen molar-refractivity contribution < 1.29 is 56.3 Å². The lowest BCUT2D eigenvalue weighted by Gasteiger charge is -2.19. The molecule has 0 amide bonds. The summed E-state index contributed by atoms with van der Waals surface area (Å²) >= 11 is 0. The quantitative estimate of drug-likeness (QED) is 0.186. The first-order chi connectivity index (χ1) is 14.6. The highest BCUT2D eigenvalue weighted by atomic mass is 31.3. The maximum absolute atomic E-state index is 11.9. The van der Waals surface area contributed by atoms with Crippen LogP contribution in [0.1, 0.15) is 11.8 Å². The Morgan fingerprint density at radius 2 is 1.88 bits per heavy atom. The molecule has 0 spiro atoms. The number of aromatic amines is 1. The number of ether oxygens (including phenoxy) is 1. The Balaban J connectivity index is 1.72. The van der Waals surface area contributed by atoms with Gasteiger partial charge >= 0.3 is 23.5 Å². The number of phosphoric ester groups is 1. The predicted octanol–water partition coefficient (Wildman–Crippen LogP) is -1.61. The Morgan fingerprint density at radius 3 is 2.50 bits per heavy atom. The molecule has 180 valence electrons. The molecule has 3 heterocycles. The molecule has 7 atom stereocenters. The topological polar surface area (TPSA) is 278 Å². The minimum atomic E-state index is -5.69. The number of H-pyrrole nitrogens is 1. The van der Waals surface area contributed by atoms with Crippen LogP contribution in [0, 0.1) is 0 Å². The van der Waals surface area contributed by atoms with E-state index in [4.69, 9.17) is 25.2 Å². The van der Waals surface area contributed by atoms with E-state index < -0.39 is 59.6 Å². The molecule has 2 aromatic rings. The molecule has 8 N–H and O–H groups in total. The number of anilines is 1. The van der Waals surface area contributed by atoms with Crippen molar-refractivity contribution >= 4 is 44.3 Å². The van der Waals surface area contributed by atoms with E-state index in [0.717, 1.165) is 4.52 Å². The lowest BCUT2D eigenvalue weighted by Crippen LogP contribution is -2.30. The number of imidazole rings is 1. The summed E-state index contributed by atoms with van der Waals surface area (Å²) in [6, 6.07) is 0. The van der Waals surface area contributed by atoms with Crippen molar-refractivity contribution in [3.8, 4) is 0 Å². The number of fused-ring (bicyclic) bond motifs is 1. The third kappa shape index (κ3) is 5.88. The minimum absolute atomic E-state index is 0.110. The number of hydrogen-bond acceptors (Lipinski definition) is 12. The van der Waals surface area contributed by atoms with E-state index in [1.165, 1.54) is 6.20 Å². The number of aromatic nitrogens is 4. The molecule has 1 aliphatic heterocycles. The summed E-state index contributed by atoms with van der Waals surface area (Å²) in [5, 5.41) is 14.3. The van der Waals surface area contributed by atoms with E-state index in [1.54, 1.807) is 0 Å². The van der Waals surface area contributed by atoms with Crippen LogP contribution in [0.25, 0.3) is 5.65 Å². The van der Waals surface area contributed by atoms with Crippen LogP contribution in [0.4, 0.5) is 5.95 Å². The zero-order valence-corrected chi connectivity index (χ0v) is 19.3. The Hall–Kier alpha value is -1.09. The highest BCUT2D eigenvalue weighted by molar-refractivity contribution is 7.66. The maximum atomic E-state index is 11.9. The van der Waals surface area contributed by atoms with Gasteiger partial charge < -0.3 is 35.2 Å². The third-order valence-corrected chi connectivity index (χ3v) is 8.52. The molecule has 0 bridgehead atoms. The van der Waals surface area contributed by atoms with Crippen LogP contribution in [-0.4, -0.2) is 68.7 Å². The van der Waals surface area contributed by atoms with Crippen molar-refractivity contribution in [1.29, 1.82) is 0 Å². The molecular weight excluding hydrogens is 522 g/mol. The standard InChI is InChI=1S/C10H17N5O13P4/c11-10-13-9(17)8-12-1-3(15(8)14-10)6-7(29)5(16)4(26-6)2-25-31(21,22)28-32(23,24)27-30(18,19)20/h1,4-7,16H,2,29H2,(H,21,22)(H,23,24)(H2,18,19,20)(H3,11,13,14,17)/t4-,5-,6+,7-/m1/s1. The minimum Gasteiger partial charge on any atom is -0.390 e. The summed E-state index contributed by atoms with van der Waals surface area (Å²) in [5.74, 6) is -0.218. The van der Waals surface area contributed by atoms with Crippen molar-refractivity contribution in [2.75, 3.05) is 12.3 Å². The molecular formula is C10H17N5O13P4. The van der Waals surface area contributed by atoms with Crippen molar-refractivity contribution in [2.45, 2.75) is 24.0 Å². The van der Waals surface area contributed by atoms with E-state index >= 15 is 0 Å². The number of hydrogen-bond donors (Lipinski definition) is 7. The van der Waals surface area contributed by atoms with Gasteiger partial charge in [-0.15, -0.1) is 14.3 Å². The third-order valence-electron chi connectivity index (χ3n) is 3.97. The molecule has 1 aliphatic rings. The van der Waals surface area contributed by atoms with Gasteiger partial charge in [0.25, 0.3) is 5.56 Å². The van der Waals surface area contributed by atoms with Gasteiger partial charge in [0.15, 0.2) is 0 Å². The predicted molar refractivity (Wildman–Crippen MR) is 105 cm³/mol. The van der Waals surface area contributed by atoms with E-state index in [9.17, 15) is 28.5 Å². The second kappa shape index (κ2) is 8.93. The van der Waals surface area contributed by atoms with Gasteiger partial charge in [-0.2, -0.15) is 8.62 Å². The van der Waals surface area contributed by atoms with Gasteiger partial charge in [-0.25, -0.2) is 23.2 Å². The Morgan fingerprint density at radius 1 is 1.22 bits per heavy atom. The van der Waals surface area contributed by atoms with Crippen LogP contribution in [-0.2, 0) is 31.6 Å². The van der Waals surface area contributed by atoms with Crippen LogP contribution in [0.15, 0.2) is 11.0 Å². The molecule has 22 heteroatoms. The fraction of sp³-hybridized carbons (Fsp3) is 0.500. The number of rotatable bonds is 8. The van der Waals surface area contributed by atoms with Crippen molar-refractivity contribution in [2.24, 2.45) is 0 Å². The summed E-state index contributed by atoms with van der Waals surface area (Å²) in [6.07, 6.45) is -2.34. The number of aliphatic hydroxyl groups excluding tert-OH is 1. The first kappa shape index (κ1) is 25.5. The molecule has 2 aromatic heterocycles. The zero-order chi connectivity index (χ0) is 24.1. The summed E-state index contributed by atoms with van der Waals surface area (Å²) in [4.78, 5) is 53.8. The number of phosphoric acid groups is 3. The van der Waals surface area contributed by atoms with Gasteiger partial charge in [0, 0.05) is 5.66 Å². The van der Waals surface area contributed by atoms with Crippen molar-refractivity contribution in [3.05, 3.63) is 22.2 Å². The summed E-state index contributed by atoms with van der Waals surface area (Å²) in [5.41, 5.74) is 4.23. The lowest BCUT2D eigenvalue weighted by molar-refractivity contribution is -0.0234. The molecule has 0 aliphatic carbocycles. The average Bonchev–Trinajstić information content (AvgIpc) is 3.12. The van der Waals surface area contributed by atoms with E-state index in [-0.39, 0.29) is 17.3 Å². The number of nitrogens with one attached hydrogen (secondary N) is 1. The lowest BCUT2D eigenvalue weighted by atomic mass is 10.1. The summed E-state index contributed by atoms with van der Waals surface area (Å²) < 4.78 is 52.2. The van der Waals surface area contributed by atoms with E-state index in [1.807, 2.05) is 0 Å². The monoisotopic (exact) mass is 539 g/mol. The molecule has 1 fully saturated rings. The molecule has 3 unspecified atom stereocenters. The maximum Gasteiger partial charge on any atom is 0.490 e. The Bertz CT molecular complexity index is 1210. The van der Waals surface area contributed by atoms with Crippen molar-refractivity contribution in [1.82, 2.24) is 19.6 Å². The van der Waals surface area contributed by atoms with Crippen LogP contribution >= 0.6 is 32.7 Å². The smallest absolute Gasteiger partial charge is 0.390 e. The fourth-order valence-corrected chi connectivity index (χ4v) is 6.35. The molecule has 0 saturated carbocycles. The highest BCUT2D eigenvalue weighted by Crippen LogP contribution is 2.66. The second-order valence-corrected chi connectivity index (χ2v) is 11.5. The van der Waals surface area contributed by atoms with E-state index in [2.05, 4.69) is 37.5 Å². The molecule has 3 rings (SSSR count). The average molecular weight is 539 g/mol. The van der Waals surface area contributed by atoms with Crippen LogP contribution in [0.3, 0.4) is 0 Å². The first-order valence-electron chi connectivity index (χ1n) is 8.19. The largest absolute Gasteiger partial charge is 0.490 e. The second-order valence-electron chi connectivity index (χ2n) is 6.31. The van der Waals surface area contributed by atoms with Gasteiger partial charge in [0.1, 0.15) is 12.2 Å². The van der Waals surface area contributed by atoms with E-state index in [0.29, 0.717) is 0 Å². The van der Waals surface area contributed by atoms with Gasteiger partial charge in [0.05, 0.1) is 24.6 Å². The van der Waals surface area contributed by atoms with Gasteiger partial charge in [-0.05, 0) is 0 Å². The van der Waals surface area contributed by atoms with Gasteiger partial charge in [0.2, 0.25) is 11.6 Å². The number of nitrogens with two attached hydrogens (primary N) is 1. The fourth-order valence-electron chi connectivity index (χ4n) is 2.78. The van der Waals surface area contributed by atoms with Crippen LogP contribution in [0.2, 0.25) is 0 Å². The van der Waals surface area contributed by atoms with Gasteiger partial charge in [-0.3, -0.25) is 14.3 Å². The number of aliphatic hydroxyl groups is 1. The highest BCUT2D eigenvalue weighted by Gasteiger charge is 2.46. The molecule has 18 nitrogen and oxygen atoms in total. The van der Waals surface area contributed by atoms with Crippen LogP contribution in [0.5, 0.6) is 0 Å². The zero-order valence-electron chi connectivity index (χ0n) is 15.4. The van der Waals surface area contributed by atoms with Gasteiger partial charge in [-0.1, -0.05) is 0 Å². The number of nitrogens with zero attached hydrogens (tertiary/aromatic N) is 3. The molecule has 0 radical (unpaired) electrons. The molecule has 0 aromatic carbocycles. The molecule has 1 saturated heterocycles. The number of nitrogen functional groups attached to an aromatic ring is 1. The Kier molecular flexibility index (Phi) is 7.12. The normalized spacial score (nSPS) is 27.9. The Labute approximate surface area is 179 Å². The summed E-state index contributed by atoms with van der Waals surface area (Å²) in [7, 11) is -14.3. The molecule has 32 heavy (non-hydrogen) atoms. The first-order valence-corrected chi connectivity index (χ1v) is 13.4.